The molecule has 0 radical (unpaired) electrons. The van der Waals surface area contributed by atoms with Gasteiger partial charge in [0.1, 0.15) is 0 Å². The normalized spacial score (nSPS) is 18.5. The van der Waals surface area contributed by atoms with Crippen molar-refractivity contribution in [1.29, 1.82) is 0 Å². The van der Waals surface area contributed by atoms with E-state index in [4.69, 9.17) is 0 Å². The molecule has 1 aromatic heterocycles. The molecule has 0 saturated carbocycles. The molecule has 2 heterocycles. The Balaban J connectivity index is 1.79. The van der Waals surface area contributed by atoms with Gasteiger partial charge in [0, 0.05) is 43.3 Å². The van der Waals surface area contributed by atoms with E-state index in [2.05, 4.69) is 41.2 Å². The molecule has 1 aromatic rings. The first-order valence-corrected chi connectivity index (χ1v) is 7.74. The van der Waals surface area contributed by atoms with E-state index >= 15 is 0 Å². The molecule has 1 saturated heterocycles. The maximum atomic E-state index is 4.09. The molecule has 0 amide bonds. The lowest BCUT2D eigenvalue weighted by Gasteiger charge is -2.35. The minimum Gasteiger partial charge on any atom is -0.371 e. The van der Waals surface area contributed by atoms with Gasteiger partial charge in [0.2, 0.25) is 0 Å². The van der Waals surface area contributed by atoms with Crippen LogP contribution in [0.4, 0.5) is 5.69 Å². The minimum absolute atomic E-state index is 0.703. The van der Waals surface area contributed by atoms with Gasteiger partial charge in [-0.15, -0.1) is 0 Å². The average molecular weight is 261 g/mol. The molecule has 0 aliphatic carbocycles. The predicted octanol–water partition coefficient (Wildman–Crippen LogP) is 3.22. The number of nitrogens with zero attached hydrogens (tertiary/aromatic N) is 2. The number of anilines is 1. The highest BCUT2D eigenvalue weighted by molar-refractivity contribution is 5.44. The van der Waals surface area contributed by atoms with E-state index in [1.54, 1.807) is 0 Å². The molecule has 1 aliphatic heterocycles. The summed E-state index contributed by atoms with van der Waals surface area (Å²) >= 11 is 0. The van der Waals surface area contributed by atoms with Crippen LogP contribution in [0.1, 0.15) is 46.0 Å². The summed E-state index contributed by atoms with van der Waals surface area (Å²) in [7, 11) is 0. The smallest absolute Gasteiger partial charge is 0.0397 e. The number of hydrogen-bond acceptors (Lipinski definition) is 3. The quantitative estimate of drug-likeness (QED) is 0.852. The third-order valence-electron chi connectivity index (χ3n) is 4.12. The minimum atomic E-state index is 0.703. The highest BCUT2D eigenvalue weighted by Crippen LogP contribution is 2.19. The van der Waals surface area contributed by atoms with E-state index in [0.29, 0.717) is 12.1 Å². The Morgan fingerprint density at radius 3 is 2.53 bits per heavy atom. The predicted molar refractivity (Wildman–Crippen MR) is 81.6 cm³/mol. The molecule has 2 rings (SSSR count). The summed E-state index contributed by atoms with van der Waals surface area (Å²) in [4.78, 5) is 6.56. The summed E-state index contributed by atoms with van der Waals surface area (Å²) in [6, 6.07) is 5.64. The number of pyridine rings is 1. The molecule has 3 heteroatoms. The Hall–Kier alpha value is -1.09. The first-order valence-electron chi connectivity index (χ1n) is 7.74. The van der Waals surface area contributed by atoms with Crippen molar-refractivity contribution in [3.05, 3.63) is 24.5 Å². The van der Waals surface area contributed by atoms with Crippen LogP contribution >= 0.6 is 0 Å². The van der Waals surface area contributed by atoms with Crippen molar-refractivity contribution in [2.24, 2.45) is 0 Å². The molecule has 0 spiro atoms. The van der Waals surface area contributed by atoms with Gasteiger partial charge < -0.3 is 10.2 Å². The Bertz CT molecular complexity index is 344. The lowest BCUT2D eigenvalue weighted by Crippen LogP contribution is -2.46. The molecule has 0 bridgehead atoms. The van der Waals surface area contributed by atoms with Crippen LogP contribution < -0.4 is 10.2 Å². The van der Waals surface area contributed by atoms with Gasteiger partial charge in [0.05, 0.1) is 0 Å². The zero-order valence-electron chi connectivity index (χ0n) is 12.3. The fourth-order valence-electron chi connectivity index (χ4n) is 2.95. The molecule has 1 unspecified atom stereocenters. The third-order valence-corrected chi connectivity index (χ3v) is 4.12. The average Bonchev–Trinajstić information content (AvgIpc) is 2.48. The van der Waals surface area contributed by atoms with E-state index in [9.17, 15) is 0 Å². The van der Waals surface area contributed by atoms with Crippen molar-refractivity contribution in [2.45, 2.75) is 58.0 Å². The van der Waals surface area contributed by atoms with Gasteiger partial charge in [-0.2, -0.15) is 0 Å². The van der Waals surface area contributed by atoms with Crippen molar-refractivity contribution in [3.8, 4) is 0 Å². The highest BCUT2D eigenvalue weighted by Gasteiger charge is 2.20. The highest BCUT2D eigenvalue weighted by atomic mass is 15.1. The Labute approximate surface area is 117 Å². The molecule has 19 heavy (non-hydrogen) atoms. The van der Waals surface area contributed by atoms with Crippen molar-refractivity contribution in [3.63, 3.8) is 0 Å². The second-order valence-electron chi connectivity index (χ2n) is 5.53. The molecule has 1 aliphatic rings. The van der Waals surface area contributed by atoms with Crippen LogP contribution in [-0.4, -0.2) is 30.2 Å². The number of hydrogen-bond donors (Lipinski definition) is 1. The largest absolute Gasteiger partial charge is 0.371 e. The number of aromatic nitrogens is 1. The first-order chi connectivity index (χ1) is 9.33. The van der Waals surface area contributed by atoms with E-state index in [0.717, 1.165) is 13.1 Å². The maximum Gasteiger partial charge on any atom is 0.0397 e. The zero-order chi connectivity index (χ0) is 13.5. The van der Waals surface area contributed by atoms with Gasteiger partial charge in [-0.05, 0) is 37.8 Å². The first kappa shape index (κ1) is 14.3. The van der Waals surface area contributed by atoms with E-state index in [1.807, 2.05) is 12.4 Å². The zero-order valence-corrected chi connectivity index (χ0v) is 12.3. The van der Waals surface area contributed by atoms with Gasteiger partial charge in [0.25, 0.3) is 0 Å². The van der Waals surface area contributed by atoms with Crippen molar-refractivity contribution in [2.75, 3.05) is 18.0 Å². The number of piperidine rings is 1. The SMILES string of the molecule is CCCC(CC)NC1CCN(c2ccncc2)CC1. The molecular formula is C16H27N3. The fraction of sp³-hybridized carbons (Fsp3) is 0.688. The van der Waals surface area contributed by atoms with Crippen molar-refractivity contribution < 1.29 is 0 Å². The van der Waals surface area contributed by atoms with Gasteiger partial charge in [-0.25, -0.2) is 0 Å². The van der Waals surface area contributed by atoms with Gasteiger partial charge in [-0.3, -0.25) is 4.98 Å². The monoisotopic (exact) mass is 261 g/mol. The van der Waals surface area contributed by atoms with Crippen molar-refractivity contribution in [1.82, 2.24) is 10.3 Å². The standard InChI is InChI=1S/C16H27N3/c1-3-5-14(4-2)18-15-8-12-19(13-9-15)16-6-10-17-11-7-16/h6-7,10-11,14-15,18H,3-5,8-9,12-13H2,1-2H3. The lowest BCUT2D eigenvalue weighted by molar-refractivity contribution is 0.347. The summed E-state index contributed by atoms with van der Waals surface area (Å²) in [5, 5.41) is 3.84. The summed E-state index contributed by atoms with van der Waals surface area (Å²) in [5.41, 5.74) is 1.31. The van der Waals surface area contributed by atoms with Crippen LogP contribution in [0.3, 0.4) is 0 Å². The van der Waals surface area contributed by atoms with E-state index in [1.165, 1.54) is 37.8 Å². The Morgan fingerprint density at radius 1 is 1.26 bits per heavy atom. The summed E-state index contributed by atoms with van der Waals surface area (Å²) in [6.45, 7) is 6.88. The molecule has 1 fully saturated rings. The molecule has 3 nitrogen and oxygen atoms in total. The van der Waals surface area contributed by atoms with Crippen LogP contribution in [0.15, 0.2) is 24.5 Å². The Kier molecular flexibility index (Phi) is 5.64. The summed E-state index contributed by atoms with van der Waals surface area (Å²) in [6.07, 6.45) is 10.1. The molecule has 106 valence electrons. The van der Waals surface area contributed by atoms with Crippen LogP contribution in [0.2, 0.25) is 0 Å². The lowest BCUT2D eigenvalue weighted by atomic mass is 10.0. The van der Waals surface area contributed by atoms with Crippen LogP contribution in [-0.2, 0) is 0 Å². The molecule has 0 aromatic carbocycles. The van der Waals surface area contributed by atoms with Crippen LogP contribution in [0.5, 0.6) is 0 Å². The number of nitrogens with one attached hydrogen (secondary N) is 1. The van der Waals surface area contributed by atoms with Crippen LogP contribution in [0, 0.1) is 0 Å². The van der Waals surface area contributed by atoms with Gasteiger partial charge in [-0.1, -0.05) is 20.3 Å². The van der Waals surface area contributed by atoms with Crippen LogP contribution in [0.25, 0.3) is 0 Å². The maximum absolute atomic E-state index is 4.09. The summed E-state index contributed by atoms with van der Waals surface area (Å²) < 4.78 is 0. The van der Waals surface area contributed by atoms with Gasteiger partial charge in [0.15, 0.2) is 0 Å². The van der Waals surface area contributed by atoms with E-state index in [-0.39, 0.29) is 0 Å². The number of rotatable bonds is 6. The fourth-order valence-corrected chi connectivity index (χ4v) is 2.95. The third kappa shape index (κ3) is 4.20. The second-order valence-corrected chi connectivity index (χ2v) is 5.53. The Morgan fingerprint density at radius 2 is 1.95 bits per heavy atom. The molecular weight excluding hydrogens is 234 g/mol. The second kappa shape index (κ2) is 7.49. The van der Waals surface area contributed by atoms with Gasteiger partial charge >= 0.3 is 0 Å². The summed E-state index contributed by atoms with van der Waals surface area (Å²) in [5.74, 6) is 0. The molecule has 1 N–H and O–H groups in total. The topological polar surface area (TPSA) is 28.2 Å². The van der Waals surface area contributed by atoms with Crippen molar-refractivity contribution >= 4 is 5.69 Å². The van der Waals surface area contributed by atoms with E-state index < -0.39 is 0 Å². The molecule has 1 atom stereocenters.